The number of carboxylic acids is 1. The van der Waals surface area contributed by atoms with Gasteiger partial charge in [-0.05, 0) is 42.2 Å². The van der Waals surface area contributed by atoms with Gasteiger partial charge in [0.1, 0.15) is 6.04 Å². The number of aliphatic carboxylic acids is 1. The molecule has 168 valence electrons. The molecular weight excluding hydrogens is 453 g/mol. The van der Waals surface area contributed by atoms with Crippen LogP contribution in [0.15, 0.2) is 61.1 Å². The van der Waals surface area contributed by atoms with Crippen LogP contribution in [-0.4, -0.2) is 49.3 Å². The Morgan fingerprint density at radius 2 is 1.69 bits per heavy atom. The number of aryl methyl sites for hydroxylation is 1. The van der Waals surface area contributed by atoms with Gasteiger partial charge in [-0.15, -0.1) is 0 Å². The summed E-state index contributed by atoms with van der Waals surface area (Å²) in [6.45, 7) is 0.488. The molecule has 1 heterocycles. The lowest BCUT2D eigenvalue weighted by atomic mass is 10.0. The van der Waals surface area contributed by atoms with Crippen LogP contribution in [0.3, 0.4) is 0 Å². The molecule has 1 atom stereocenters. The average molecular weight is 476 g/mol. The Balaban J connectivity index is 1.69. The van der Waals surface area contributed by atoms with Crippen LogP contribution in [0.2, 0.25) is 10.0 Å². The van der Waals surface area contributed by atoms with Crippen molar-refractivity contribution in [1.82, 2.24) is 14.5 Å². The third kappa shape index (κ3) is 6.48. The van der Waals surface area contributed by atoms with E-state index in [2.05, 4.69) is 4.98 Å². The van der Waals surface area contributed by atoms with Gasteiger partial charge in [-0.2, -0.15) is 0 Å². The third-order valence-corrected chi connectivity index (χ3v) is 5.58. The van der Waals surface area contributed by atoms with E-state index in [0.29, 0.717) is 29.4 Å². The van der Waals surface area contributed by atoms with Crippen LogP contribution in [0, 0.1) is 0 Å². The zero-order valence-corrected chi connectivity index (χ0v) is 18.7. The summed E-state index contributed by atoms with van der Waals surface area (Å²) in [5.74, 6) is -1.16. The summed E-state index contributed by atoms with van der Waals surface area (Å²) in [5, 5.41) is 20.4. The van der Waals surface area contributed by atoms with Gasteiger partial charge in [0.2, 0.25) is 0 Å². The summed E-state index contributed by atoms with van der Waals surface area (Å²) in [5.41, 5.74) is 2.62. The highest BCUT2D eigenvalue weighted by molar-refractivity contribution is 6.34. The molecular formula is C23H23Cl2N3O4. The van der Waals surface area contributed by atoms with Crippen LogP contribution in [0.4, 0.5) is 4.79 Å². The second-order valence-electron chi connectivity index (χ2n) is 7.39. The highest BCUT2D eigenvalue weighted by Crippen LogP contribution is 2.20. The molecule has 0 aliphatic heterocycles. The van der Waals surface area contributed by atoms with Gasteiger partial charge in [0.15, 0.2) is 0 Å². The van der Waals surface area contributed by atoms with Crippen molar-refractivity contribution < 1.29 is 19.8 Å². The monoisotopic (exact) mass is 475 g/mol. The molecule has 7 nitrogen and oxygen atoms in total. The number of imidazole rings is 1. The van der Waals surface area contributed by atoms with Crippen molar-refractivity contribution in [3.63, 3.8) is 0 Å². The minimum Gasteiger partial charge on any atom is -0.480 e. The SMILES string of the molecule is O=C(O)C(CCc1ccccc1)N(CCc1cncn1Cc1cc(Cl)cc(Cl)c1)C(=O)O. The Morgan fingerprint density at radius 3 is 2.31 bits per heavy atom. The third-order valence-electron chi connectivity index (χ3n) is 5.14. The molecule has 0 aliphatic carbocycles. The first kappa shape index (κ1) is 23.6. The highest BCUT2D eigenvalue weighted by Gasteiger charge is 2.29. The van der Waals surface area contributed by atoms with Gasteiger partial charge in [0, 0.05) is 41.4 Å². The van der Waals surface area contributed by atoms with E-state index in [1.54, 1.807) is 30.7 Å². The lowest BCUT2D eigenvalue weighted by Crippen LogP contribution is -2.45. The molecule has 0 bridgehead atoms. The summed E-state index contributed by atoms with van der Waals surface area (Å²) in [6, 6.07) is 13.5. The van der Waals surface area contributed by atoms with Crippen LogP contribution in [0.1, 0.15) is 23.2 Å². The molecule has 32 heavy (non-hydrogen) atoms. The highest BCUT2D eigenvalue weighted by atomic mass is 35.5. The second kappa shape index (κ2) is 11.0. The molecule has 0 spiro atoms. The van der Waals surface area contributed by atoms with Gasteiger partial charge in [-0.3, -0.25) is 4.90 Å². The van der Waals surface area contributed by atoms with Gasteiger partial charge in [0.05, 0.1) is 6.33 Å². The van der Waals surface area contributed by atoms with E-state index >= 15 is 0 Å². The molecule has 9 heteroatoms. The van der Waals surface area contributed by atoms with Crippen molar-refractivity contribution in [2.45, 2.75) is 31.8 Å². The van der Waals surface area contributed by atoms with Gasteiger partial charge in [0.25, 0.3) is 0 Å². The molecule has 3 aromatic rings. The number of benzene rings is 2. The fourth-order valence-electron chi connectivity index (χ4n) is 3.58. The van der Waals surface area contributed by atoms with Crippen LogP contribution >= 0.6 is 23.2 Å². The number of carboxylic acid groups (broad SMARTS) is 2. The maximum absolute atomic E-state index is 11.9. The van der Waals surface area contributed by atoms with Gasteiger partial charge < -0.3 is 14.8 Å². The Bertz CT molecular complexity index is 1050. The van der Waals surface area contributed by atoms with Crippen molar-refractivity contribution in [3.05, 3.63) is 87.9 Å². The van der Waals surface area contributed by atoms with Crippen molar-refractivity contribution in [3.8, 4) is 0 Å². The number of aromatic nitrogens is 2. The molecule has 0 saturated carbocycles. The minimum atomic E-state index is -1.27. The van der Waals surface area contributed by atoms with Crippen molar-refractivity contribution in [2.24, 2.45) is 0 Å². The van der Waals surface area contributed by atoms with Crippen LogP contribution < -0.4 is 0 Å². The Morgan fingerprint density at radius 1 is 1.00 bits per heavy atom. The van der Waals surface area contributed by atoms with Gasteiger partial charge in [-0.25, -0.2) is 14.6 Å². The predicted molar refractivity (Wildman–Crippen MR) is 122 cm³/mol. The maximum atomic E-state index is 11.9. The summed E-state index contributed by atoms with van der Waals surface area (Å²) < 4.78 is 1.86. The molecule has 2 aromatic carbocycles. The van der Waals surface area contributed by atoms with E-state index < -0.39 is 18.1 Å². The molecule has 0 fully saturated rings. The van der Waals surface area contributed by atoms with E-state index in [9.17, 15) is 19.8 Å². The molecule has 1 aromatic heterocycles. The zero-order chi connectivity index (χ0) is 23.1. The van der Waals surface area contributed by atoms with E-state index in [4.69, 9.17) is 23.2 Å². The lowest BCUT2D eigenvalue weighted by Gasteiger charge is -2.26. The number of amides is 1. The standard InChI is InChI=1S/C23H23Cl2N3O4/c24-18-10-17(11-19(25)12-18)14-27-15-26-13-20(27)8-9-28(23(31)32)21(22(29)30)7-6-16-4-2-1-3-5-16/h1-5,10-13,15,21H,6-9,14H2,(H,29,30)(H,31,32). The number of rotatable bonds is 10. The molecule has 0 radical (unpaired) electrons. The summed E-state index contributed by atoms with van der Waals surface area (Å²) >= 11 is 12.1. The van der Waals surface area contributed by atoms with Gasteiger partial charge >= 0.3 is 12.1 Å². The lowest BCUT2D eigenvalue weighted by molar-refractivity contribution is -0.142. The maximum Gasteiger partial charge on any atom is 0.408 e. The Kier molecular flexibility index (Phi) is 8.14. The quantitative estimate of drug-likeness (QED) is 0.436. The first-order valence-corrected chi connectivity index (χ1v) is 10.8. The Labute approximate surface area is 195 Å². The van der Waals surface area contributed by atoms with E-state index in [0.717, 1.165) is 21.7 Å². The van der Waals surface area contributed by atoms with Crippen molar-refractivity contribution >= 4 is 35.3 Å². The van der Waals surface area contributed by atoms with E-state index in [-0.39, 0.29) is 13.0 Å². The number of hydrogen-bond acceptors (Lipinski definition) is 3. The fourth-order valence-corrected chi connectivity index (χ4v) is 4.15. The first-order chi connectivity index (χ1) is 15.3. The zero-order valence-electron chi connectivity index (χ0n) is 17.2. The largest absolute Gasteiger partial charge is 0.480 e. The summed E-state index contributed by atoms with van der Waals surface area (Å²) in [6.07, 6.45) is 2.99. The molecule has 1 unspecified atom stereocenters. The first-order valence-electron chi connectivity index (χ1n) is 10.0. The topological polar surface area (TPSA) is 95.7 Å². The van der Waals surface area contributed by atoms with Gasteiger partial charge in [-0.1, -0.05) is 53.5 Å². The van der Waals surface area contributed by atoms with Crippen LogP contribution in [0.5, 0.6) is 0 Å². The molecule has 1 amide bonds. The summed E-state index contributed by atoms with van der Waals surface area (Å²) in [7, 11) is 0. The smallest absolute Gasteiger partial charge is 0.408 e. The number of nitrogens with zero attached hydrogens (tertiary/aromatic N) is 3. The number of carbonyl (C=O) groups is 2. The van der Waals surface area contributed by atoms with Crippen LogP contribution in [0.25, 0.3) is 0 Å². The van der Waals surface area contributed by atoms with E-state index in [1.165, 1.54) is 0 Å². The molecule has 0 saturated heterocycles. The minimum absolute atomic E-state index is 0.0308. The number of halogens is 2. The van der Waals surface area contributed by atoms with Crippen LogP contribution in [-0.2, 0) is 24.2 Å². The fraction of sp³-hybridized carbons (Fsp3) is 0.261. The molecule has 3 rings (SSSR count). The summed E-state index contributed by atoms with van der Waals surface area (Å²) in [4.78, 5) is 28.9. The predicted octanol–water partition coefficient (Wildman–Crippen LogP) is 4.85. The second-order valence-corrected chi connectivity index (χ2v) is 8.27. The normalized spacial score (nSPS) is 11.8. The molecule has 2 N–H and O–H groups in total. The van der Waals surface area contributed by atoms with Crippen molar-refractivity contribution in [2.75, 3.05) is 6.54 Å². The Hall–Kier alpha value is -3.03. The average Bonchev–Trinajstić information content (AvgIpc) is 3.16. The van der Waals surface area contributed by atoms with Crippen molar-refractivity contribution in [1.29, 1.82) is 0 Å². The van der Waals surface area contributed by atoms with E-state index in [1.807, 2.05) is 34.9 Å². The molecule has 0 aliphatic rings. The number of hydrogen-bond donors (Lipinski definition) is 2.